The van der Waals surface area contributed by atoms with Crippen molar-refractivity contribution in [2.75, 3.05) is 0 Å². The Hall–Kier alpha value is 0.250. The van der Waals surface area contributed by atoms with Gasteiger partial charge in [0.25, 0.3) is 0 Å². The van der Waals surface area contributed by atoms with Gasteiger partial charge in [-0.2, -0.15) is 0 Å². The molecule has 0 bridgehead atoms. The Labute approximate surface area is 49.8 Å². The lowest BCUT2D eigenvalue weighted by atomic mass is 10.1. The molecule has 0 rings (SSSR count). The molecule has 0 aromatic rings. The molecule has 0 aliphatic rings. The van der Waals surface area contributed by atoms with Crippen LogP contribution in [0.5, 0.6) is 0 Å². The van der Waals surface area contributed by atoms with Crippen molar-refractivity contribution in [2.45, 2.75) is 31.7 Å². The van der Waals surface area contributed by atoms with E-state index in [-0.39, 0.29) is 10.9 Å². The molecule has 0 saturated carbocycles. The van der Waals surface area contributed by atoms with E-state index in [1.165, 1.54) is 0 Å². The molecule has 1 atom stereocenters. The topological polar surface area (TPSA) is 26.0 Å². The van der Waals surface area contributed by atoms with Crippen LogP contribution >= 0.6 is 11.6 Å². The maximum atomic E-state index is 5.74. The molecule has 0 heterocycles. The molecule has 0 spiro atoms. The quantitative estimate of drug-likeness (QED) is 0.521. The summed E-state index contributed by atoms with van der Waals surface area (Å²) in [5.74, 6) is 0. The zero-order valence-electron chi connectivity index (χ0n) is 5.03. The molecule has 2 N–H and O–H groups in total. The van der Waals surface area contributed by atoms with Gasteiger partial charge in [-0.1, -0.05) is 0 Å². The predicted octanol–water partition coefficient (Wildman–Crippen LogP) is 1.35. The largest absolute Gasteiger partial charge is 0.326 e. The highest BCUT2D eigenvalue weighted by Gasteiger charge is 2.17. The molecular weight excluding hydrogens is 110 g/mol. The molecule has 7 heavy (non-hydrogen) atoms. The number of hydrogen-bond donors (Lipinski definition) is 1. The van der Waals surface area contributed by atoms with Crippen molar-refractivity contribution in [3.05, 3.63) is 0 Å². The summed E-state index contributed by atoms with van der Waals surface area (Å²) in [4.78, 5) is -0.250. The Kier molecular flexibility index (Phi) is 2.09. The Morgan fingerprint density at radius 3 is 1.71 bits per heavy atom. The van der Waals surface area contributed by atoms with Gasteiger partial charge in [0.2, 0.25) is 0 Å². The second-order valence-corrected chi connectivity index (χ2v) is 3.33. The number of alkyl halides is 1. The molecule has 1 unspecified atom stereocenters. The summed E-state index contributed by atoms with van der Waals surface area (Å²) >= 11 is 5.74. The summed E-state index contributed by atoms with van der Waals surface area (Å²) in [6.07, 6.45) is 0. The minimum atomic E-state index is -0.250. The van der Waals surface area contributed by atoms with E-state index in [0.717, 1.165) is 0 Å². The van der Waals surface area contributed by atoms with Gasteiger partial charge in [0.05, 0.1) is 4.87 Å². The van der Waals surface area contributed by atoms with Crippen LogP contribution in [0, 0.1) is 0 Å². The Morgan fingerprint density at radius 2 is 1.71 bits per heavy atom. The van der Waals surface area contributed by atoms with E-state index in [9.17, 15) is 0 Å². The molecule has 0 radical (unpaired) electrons. The maximum Gasteiger partial charge on any atom is 0.0538 e. The van der Waals surface area contributed by atoms with Crippen LogP contribution in [0.25, 0.3) is 0 Å². The third kappa shape index (κ3) is 2.89. The third-order valence-electron chi connectivity index (χ3n) is 1.08. The van der Waals surface area contributed by atoms with Gasteiger partial charge in [-0.05, 0) is 20.8 Å². The van der Waals surface area contributed by atoms with Gasteiger partial charge in [-0.15, -0.1) is 11.6 Å². The van der Waals surface area contributed by atoms with Crippen LogP contribution in [0.4, 0.5) is 0 Å². The number of nitrogens with two attached hydrogens (primary N) is 1. The fraction of sp³-hybridized carbons (Fsp3) is 1.00. The smallest absolute Gasteiger partial charge is 0.0538 e. The minimum Gasteiger partial charge on any atom is -0.326 e. The zero-order valence-corrected chi connectivity index (χ0v) is 5.79. The van der Waals surface area contributed by atoms with Crippen molar-refractivity contribution in [1.82, 2.24) is 0 Å². The van der Waals surface area contributed by atoms with E-state index in [4.69, 9.17) is 17.3 Å². The fourth-order valence-electron chi connectivity index (χ4n) is 0. The highest BCUT2D eigenvalue weighted by molar-refractivity contribution is 6.23. The molecule has 0 aliphatic carbocycles. The first kappa shape index (κ1) is 7.25. The Bertz CT molecular complexity index is 53.6. The summed E-state index contributed by atoms with van der Waals surface area (Å²) in [6.45, 7) is 5.70. The first-order valence-corrected chi connectivity index (χ1v) is 2.77. The zero-order chi connectivity index (χ0) is 6.08. The van der Waals surface area contributed by atoms with Crippen LogP contribution in [0.2, 0.25) is 0 Å². The summed E-state index contributed by atoms with van der Waals surface area (Å²) < 4.78 is 0. The Morgan fingerprint density at radius 1 is 1.57 bits per heavy atom. The van der Waals surface area contributed by atoms with Crippen LogP contribution in [0.3, 0.4) is 0 Å². The van der Waals surface area contributed by atoms with Gasteiger partial charge in [-0.25, -0.2) is 0 Å². The van der Waals surface area contributed by atoms with E-state index in [0.29, 0.717) is 0 Å². The lowest BCUT2D eigenvalue weighted by Crippen LogP contribution is -2.35. The SMILES string of the molecule is CC(N)C(C)(C)Cl. The minimum absolute atomic E-state index is 0.0640. The van der Waals surface area contributed by atoms with Gasteiger partial charge in [0.15, 0.2) is 0 Å². The normalized spacial score (nSPS) is 16.7. The van der Waals surface area contributed by atoms with Crippen molar-refractivity contribution in [1.29, 1.82) is 0 Å². The monoisotopic (exact) mass is 121 g/mol. The number of hydrogen-bond acceptors (Lipinski definition) is 1. The van der Waals surface area contributed by atoms with E-state index in [1.54, 1.807) is 0 Å². The van der Waals surface area contributed by atoms with Crippen LogP contribution < -0.4 is 5.73 Å². The molecule has 0 fully saturated rings. The highest BCUT2D eigenvalue weighted by atomic mass is 35.5. The maximum absolute atomic E-state index is 5.74. The lowest BCUT2D eigenvalue weighted by molar-refractivity contribution is 0.567. The molecule has 0 aromatic carbocycles. The highest BCUT2D eigenvalue weighted by Crippen LogP contribution is 2.14. The Balaban J connectivity index is 3.54. The van der Waals surface area contributed by atoms with Gasteiger partial charge in [-0.3, -0.25) is 0 Å². The van der Waals surface area contributed by atoms with Gasteiger partial charge in [0.1, 0.15) is 0 Å². The average molecular weight is 122 g/mol. The number of halogens is 1. The first-order chi connectivity index (χ1) is 2.94. The van der Waals surface area contributed by atoms with Crippen molar-refractivity contribution >= 4 is 11.6 Å². The predicted molar refractivity (Wildman–Crippen MR) is 33.6 cm³/mol. The fourth-order valence-corrected chi connectivity index (χ4v) is 0. The molecule has 0 saturated heterocycles. The van der Waals surface area contributed by atoms with Crippen LogP contribution in [0.15, 0.2) is 0 Å². The summed E-state index contributed by atoms with van der Waals surface area (Å²) in [6, 6.07) is 0.0640. The summed E-state index contributed by atoms with van der Waals surface area (Å²) in [7, 11) is 0. The molecule has 1 nitrogen and oxygen atoms in total. The van der Waals surface area contributed by atoms with Gasteiger partial charge in [0, 0.05) is 6.04 Å². The van der Waals surface area contributed by atoms with E-state index >= 15 is 0 Å². The molecule has 0 aromatic heterocycles. The molecule has 44 valence electrons. The second-order valence-electron chi connectivity index (χ2n) is 2.35. The lowest BCUT2D eigenvalue weighted by Gasteiger charge is -2.19. The summed E-state index contributed by atoms with van der Waals surface area (Å²) in [5, 5.41) is 0. The van der Waals surface area contributed by atoms with E-state index in [1.807, 2.05) is 20.8 Å². The van der Waals surface area contributed by atoms with Crippen molar-refractivity contribution in [3.8, 4) is 0 Å². The van der Waals surface area contributed by atoms with Crippen molar-refractivity contribution in [2.24, 2.45) is 5.73 Å². The van der Waals surface area contributed by atoms with Gasteiger partial charge < -0.3 is 5.73 Å². The summed E-state index contributed by atoms with van der Waals surface area (Å²) in [5.41, 5.74) is 5.44. The van der Waals surface area contributed by atoms with E-state index in [2.05, 4.69) is 0 Å². The van der Waals surface area contributed by atoms with Crippen molar-refractivity contribution < 1.29 is 0 Å². The first-order valence-electron chi connectivity index (χ1n) is 2.39. The molecule has 2 heteroatoms. The standard InChI is InChI=1S/C5H12ClN/c1-4(7)5(2,3)6/h4H,7H2,1-3H3. The van der Waals surface area contributed by atoms with Crippen LogP contribution in [0.1, 0.15) is 20.8 Å². The number of rotatable bonds is 1. The molecule has 0 amide bonds. The van der Waals surface area contributed by atoms with Crippen LogP contribution in [-0.4, -0.2) is 10.9 Å². The second kappa shape index (κ2) is 2.01. The third-order valence-corrected chi connectivity index (χ3v) is 1.43. The molecule has 0 aliphatic heterocycles. The van der Waals surface area contributed by atoms with Crippen molar-refractivity contribution in [3.63, 3.8) is 0 Å². The average Bonchev–Trinajstić information content (AvgIpc) is 1.31. The molecular formula is C5H12ClN. The van der Waals surface area contributed by atoms with Crippen LogP contribution in [-0.2, 0) is 0 Å². The van der Waals surface area contributed by atoms with E-state index < -0.39 is 0 Å². The van der Waals surface area contributed by atoms with Gasteiger partial charge >= 0.3 is 0 Å².